The van der Waals surface area contributed by atoms with E-state index in [1.807, 2.05) is 0 Å². The van der Waals surface area contributed by atoms with Crippen molar-refractivity contribution < 1.29 is 19.4 Å². The number of carbonyl (C=O) groups is 2. The minimum absolute atomic E-state index is 0.667. The van der Waals surface area contributed by atoms with Crippen molar-refractivity contribution in [3.8, 4) is 5.75 Å². The Morgan fingerprint density at radius 2 is 1.79 bits per heavy atom. The van der Waals surface area contributed by atoms with Crippen molar-refractivity contribution in [2.75, 3.05) is 7.11 Å². The smallest absolute Gasteiger partial charge is 0.300 e. The number of rotatable bonds is 2. The average molecular weight is 196 g/mol. The zero-order chi connectivity index (χ0) is 11.0. The first-order valence-corrected chi connectivity index (χ1v) is 3.89. The number of carbonyl (C=O) groups excluding carboxylic acids is 1. The SMILES string of the molecule is CC(=O)O.COc1ccc(C=O)cc1. The Balaban J connectivity index is 0.000000364. The summed E-state index contributed by atoms with van der Waals surface area (Å²) < 4.78 is 4.90. The number of benzene rings is 1. The molecule has 1 rings (SSSR count). The molecule has 0 saturated carbocycles. The van der Waals surface area contributed by atoms with Gasteiger partial charge in [0.25, 0.3) is 5.97 Å². The lowest BCUT2D eigenvalue weighted by atomic mass is 10.2. The van der Waals surface area contributed by atoms with Crippen LogP contribution in [0.1, 0.15) is 17.3 Å². The maximum atomic E-state index is 10.2. The molecular weight excluding hydrogens is 184 g/mol. The molecule has 14 heavy (non-hydrogen) atoms. The van der Waals surface area contributed by atoms with Crippen LogP contribution in [0.25, 0.3) is 0 Å². The van der Waals surface area contributed by atoms with Crippen molar-refractivity contribution in [2.45, 2.75) is 6.92 Å². The van der Waals surface area contributed by atoms with Crippen LogP contribution in [0.5, 0.6) is 5.75 Å². The summed E-state index contributed by atoms with van der Waals surface area (Å²) in [4.78, 5) is 19.2. The van der Waals surface area contributed by atoms with Gasteiger partial charge >= 0.3 is 0 Å². The number of hydrogen-bond donors (Lipinski definition) is 1. The molecule has 0 atom stereocenters. The van der Waals surface area contributed by atoms with Gasteiger partial charge in [-0.15, -0.1) is 0 Å². The van der Waals surface area contributed by atoms with Gasteiger partial charge in [0.05, 0.1) is 7.11 Å². The largest absolute Gasteiger partial charge is 0.497 e. The lowest BCUT2D eigenvalue weighted by molar-refractivity contribution is -0.134. The van der Waals surface area contributed by atoms with Gasteiger partial charge in [-0.3, -0.25) is 9.59 Å². The number of ether oxygens (including phenoxy) is 1. The standard InChI is InChI=1S/C8H8O2.C2H4O2/c1-10-8-4-2-7(6-9)3-5-8;1-2(3)4/h2-6H,1H3;1H3,(H,3,4). The molecule has 0 aromatic heterocycles. The second kappa shape index (κ2) is 6.65. The van der Waals surface area contributed by atoms with Crippen LogP contribution in [-0.4, -0.2) is 24.5 Å². The topological polar surface area (TPSA) is 63.6 Å². The van der Waals surface area contributed by atoms with E-state index in [1.54, 1.807) is 31.4 Å². The van der Waals surface area contributed by atoms with E-state index in [9.17, 15) is 4.79 Å². The zero-order valence-electron chi connectivity index (χ0n) is 8.06. The first-order valence-electron chi connectivity index (χ1n) is 3.89. The molecule has 1 aromatic rings. The summed E-state index contributed by atoms with van der Waals surface area (Å²) in [6, 6.07) is 6.94. The third-order valence-electron chi connectivity index (χ3n) is 1.25. The predicted molar refractivity (Wildman–Crippen MR) is 51.7 cm³/mol. The van der Waals surface area contributed by atoms with E-state index >= 15 is 0 Å². The molecule has 4 nitrogen and oxygen atoms in total. The molecule has 0 aliphatic carbocycles. The molecule has 0 spiro atoms. The number of aldehydes is 1. The second-order valence-electron chi connectivity index (χ2n) is 2.41. The van der Waals surface area contributed by atoms with Gasteiger partial charge < -0.3 is 9.84 Å². The van der Waals surface area contributed by atoms with Crippen LogP contribution >= 0.6 is 0 Å². The van der Waals surface area contributed by atoms with E-state index in [1.165, 1.54) is 0 Å². The first kappa shape index (κ1) is 12.2. The molecule has 0 unspecified atom stereocenters. The highest BCUT2D eigenvalue weighted by Crippen LogP contribution is 2.09. The van der Waals surface area contributed by atoms with Crippen LogP contribution in [-0.2, 0) is 4.79 Å². The molecule has 1 N–H and O–H groups in total. The number of aliphatic carboxylic acids is 1. The Morgan fingerprint density at radius 3 is 2.07 bits per heavy atom. The normalized spacial score (nSPS) is 8.14. The summed E-state index contributed by atoms with van der Waals surface area (Å²) in [5, 5.41) is 7.42. The lowest BCUT2D eigenvalue weighted by Gasteiger charge is -1.96. The molecule has 0 radical (unpaired) electrons. The van der Waals surface area contributed by atoms with Crippen molar-refractivity contribution in [2.24, 2.45) is 0 Å². The molecule has 76 valence electrons. The van der Waals surface area contributed by atoms with Gasteiger partial charge in [0.1, 0.15) is 12.0 Å². The highest BCUT2D eigenvalue weighted by molar-refractivity contribution is 5.74. The van der Waals surface area contributed by atoms with Gasteiger partial charge in [0.2, 0.25) is 0 Å². The van der Waals surface area contributed by atoms with Crippen LogP contribution in [0, 0.1) is 0 Å². The first-order chi connectivity index (χ1) is 6.60. The monoisotopic (exact) mass is 196 g/mol. The van der Waals surface area contributed by atoms with Crippen molar-refractivity contribution in [1.29, 1.82) is 0 Å². The summed E-state index contributed by atoms with van der Waals surface area (Å²) in [6.07, 6.45) is 0.805. The maximum absolute atomic E-state index is 10.2. The molecule has 1 aromatic carbocycles. The Hall–Kier alpha value is -1.84. The van der Waals surface area contributed by atoms with E-state index in [0.29, 0.717) is 5.56 Å². The van der Waals surface area contributed by atoms with Crippen LogP contribution < -0.4 is 4.74 Å². The van der Waals surface area contributed by atoms with Crippen LogP contribution in [0.3, 0.4) is 0 Å². The van der Waals surface area contributed by atoms with E-state index in [-0.39, 0.29) is 0 Å². The molecule has 0 bridgehead atoms. The fraction of sp³-hybridized carbons (Fsp3) is 0.200. The van der Waals surface area contributed by atoms with E-state index in [2.05, 4.69) is 0 Å². The van der Waals surface area contributed by atoms with Gasteiger partial charge in [0, 0.05) is 12.5 Å². The lowest BCUT2D eigenvalue weighted by Crippen LogP contribution is -1.82. The van der Waals surface area contributed by atoms with Gasteiger partial charge in [0.15, 0.2) is 0 Å². The minimum Gasteiger partial charge on any atom is -0.497 e. The Kier molecular flexibility index (Phi) is 5.78. The molecule has 4 heteroatoms. The molecule has 0 fully saturated rings. The van der Waals surface area contributed by atoms with E-state index < -0.39 is 5.97 Å². The molecule has 0 amide bonds. The molecule has 0 aliphatic heterocycles. The minimum atomic E-state index is -0.833. The van der Waals surface area contributed by atoms with Gasteiger partial charge in [-0.25, -0.2) is 0 Å². The third kappa shape index (κ3) is 5.77. The molecule has 0 aliphatic rings. The van der Waals surface area contributed by atoms with Crippen LogP contribution in [0.15, 0.2) is 24.3 Å². The van der Waals surface area contributed by atoms with Crippen molar-refractivity contribution in [3.63, 3.8) is 0 Å². The van der Waals surface area contributed by atoms with Gasteiger partial charge in [-0.05, 0) is 24.3 Å². The number of carboxylic acid groups (broad SMARTS) is 1. The van der Waals surface area contributed by atoms with Gasteiger partial charge in [-0.2, -0.15) is 0 Å². The number of methoxy groups -OCH3 is 1. The highest BCUT2D eigenvalue weighted by Gasteiger charge is 1.89. The van der Waals surface area contributed by atoms with E-state index in [4.69, 9.17) is 14.6 Å². The summed E-state index contributed by atoms with van der Waals surface area (Å²) in [6.45, 7) is 1.08. The van der Waals surface area contributed by atoms with E-state index in [0.717, 1.165) is 19.0 Å². The second-order valence-corrected chi connectivity index (χ2v) is 2.41. The molecule has 0 saturated heterocycles. The third-order valence-corrected chi connectivity index (χ3v) is 1.25. The van der Waals surface area contributed by atoms with Crippen molar-refractivity contribution in [3.05, 3.63) is 29.8 Å². The molecule has 0 heterocycles. The summed E-state index contributed by atoms with van der Waals surface area (Å²) >= 11 is 0. The van der Waals surface area contributed by atoms with Crippen LogP contribution in [0.2, 0.25) is 0 Å². The number of hydrogen-bond acceptors (Lipinski definition) is 3. The van der Waals surface area contributed by atoms with Crippen molar-refractivity contribution >= 4 is 12.3 Å². The fourth-order valence-electron chi connectivity index (χ4n) is 0.682. The quantitative estimate of drug-likeness (QED) is 0.729. The highest BCUT2D eigenvalue weighted by atomic mass is 16.5. The zero-order valence-corrected chi connectivity index (χ0v) is 8.06. The fourth-order valence-corrected chi connectivity index (χ4v) is 0.682. The van der Waals surface area contributed by atoms with Crippen LogP contribution in [0.4, 0.5) is 0 Å². The predicted octanol–water partition coefficient (Wildman–Crippen LogP) is 1.60. The maximum Gasteiger partial charge on any atom is 0.300 e. The summed E-state index contributed by atoms with van der Waals surface area (Å²) in [7, 11) is 1.59. The molecular formula is C10H12O4. The van der Waals surface area contributed by atoms with Gasteiger partial charge in [-0.1, -0.05) is 0 Å². The Labute approximate surface area is 82.1 Å². The summed E-state index contributed by atoms with van der Waals surface area (Å²) in [5.41, 5.74) is 0.667. The van der Waals surface area contributed by atoms with Crippen molar-refractivity contribution in [1.82, 2.24) is 0 Å². The summed E-state index contributed by atoms with van der Waals surface area (Å²) in [5.74, 6) is -0.0643. The Bertz CT molecular complexity index is 285. The number of carboxylic acids is 1. The Morgan fingerprint density at radius 1 is 1.36 bits per heavy atom. The average Bonchev–Trinajstić information content (AvgIpc) is 2.17.